The van der Waals surface area contributed by atoms with Crippen LogP contribution in [0.1, 0.15) is 25.1 Å². The molecule has 150 valence electrons. The molecule has 0 saturated carbocycles. The number of rotatable bonds is 2. The molecule has 0 radical (unpaired) electrons. The van der Waals surface area contributed by atoms with E-state index in [0.717, 1.165) is 12.1 Å². The second kappa shape index (κ2) is 9.71. The zero-order valence-electron chi connectivity index (χ0n) is 13.8. The Labute approximate surface area is 164 Å². The zero-order valence-corrected chi connectivity index (χ0v) is 15.3. The molecule has 0 saturated heterocycles. The molecule has 2 aromatic rings. The van der Waals surface area contributed by atoms with Gasteiger partial charge in [0.1, 0.15) is 0 Å². The summed E-state index contributed by atoms with van der Waals surface area (Å²) in [7, 11) is 0. The van der Waals surface area contributed by atoms with E-state index < -0.39 is 29.3 Å². The molecule has 0 aromatic carbocycles. The fourth-order valence-corrected chi connectivity index (χ4v) is 1.76. The number of alkyl halides is 6. The van der Waals surface area contributed by atoms with Crippen molar-refractivity contribution >= 4 is 5.78 Å². The molecular weight excluding hydrogens is 473 g/mol. The molecule has 2 aromatic heterocycles. The van der Waals surface area contributed by atoms with E-state index in [1.807, 2.05) is 0 Å². The van der Waals surface area contributed by atoms with E-state index >= 15 is 0 Å². The number of ketones is 1. The Morgan fingerprint density at radius 1 is 1.11 bits per heavy atom. The van der Waals surface area contributed by atoms with Crippen LogP contribution in [0.25, 0.3) is 11.4 Å². The number of aromatic nitrogens is 2. The van der Waals surface area contributed by atoms with E-state index in [9.17, 15) is 36.2 Å². The molecular formula is C16H12F6N2O2Pd. The fraction of sp³-hybridized carbons (Fsp3) is 0.250. The number of hydrogen-bond donors (Lipinski definition) is 0. The van der Waals surface area contributed by atoms with Crippen molar-refractivity contribution in [1.29, 1.82) is 0 Å². The fourth-order valence-electron chi connectivity index (χ4n) is 1.76. The number of nitrogens with zero attached hydrogens (tertiary/aromatic N) is 2. The zero-order chi connectivity index (χ0) is 20.1. The predicted octanol–water partition coefficient (Wildman–Crippen LogP) is 3.58. The van der Waals surface area contributed by atoms with Crippen LogP contribution in [0.3, 0.4) is 0 Å². The minimum Gasteiger partial charge on any atom is -0.876 e. The Balaban J connectivity index is 0.000000728. The first kappa shape index (κ1) is 24.9. The summed E-state index contributed by atoms with van der Waals surface area (Å²) in [6.45, 7) is 2.70. The van der Waals surface area contributed by atoms with Gasteiger partial charge in [0.05, 0.1) is 0 Å². The van der Waals surface area contributed by atoms with Crippen LogP contribution in [0.15, 0.2) is 42.3 Å². The molecule has 0 amide bonds. The van der Waals surface area contributed by atoms with Crippen LogP contribution in [0.5, 0.6) is 0 Å². The molecule has 0 aliphatic heterocycles. The molecule has 11 heteroatoms. The molecule has 0 atom stereocenters. The third-order valence-corrected chi connectivity index (χ3v) is 2.68. The van der Waals surface area contributed by atoms with Gasteiger partial charge in [-0.05, 0) is 25.1 Å². The molecule has 0 fully saturated rings. The minimum atomic E-state index is -4.94. The molecule has 2 heterocycles. The first-order valence-electron chi connectivity index (χ1n) is 6.91. The van der Waals surface area contributed by atoms with Crippen molar-refractivity contribution in [2.24, 2.45) is 0 Å². The second-order valence-corrected chi connectivity index (χ2v) is 4.98. The van der Waals surface area contributed by atoms with Gasteiger partial charge in [-0.1, -0.05) is 30.4 Å². The van der Waals surface area contributed by atoms with Gasteiger partial charge in [-0.25, -0.2) is 0 Å². The van der Waals surface area contributed by atoms with Crippen LogP contribution < -0.4 is 10.1 Å². The van der Waals surface area contributed by atoms with Crippen molar-refractivity contribution < 1.29 is 56.7 Å². The van der Waals surface area contributed by atoms with E-state index in [1.54, 1.807) is 0 Å². The van der Waals surface area contributed by atoms with Gasteiger partial charge in [-0.2, -0.15) is 26.3 Å². The summed E-state index contributed by atoms with van der Waals surface area (Å²) in [5.41, 5.74) is -4.11. The molecule has 0 spiro atoms. The summed E-state index contributed by atoms with van der Waals surface area (Å²) in [6, 6.07) is 3.95. The Hall–Kier alpha value is -2.12. The van der Waals surface area contributed by atoms with Crippen molar-refractivity contribution in [1.82, 2.24) is 9.97 Å². The quantitative estimate of drug-likeness (QED) is 0.283. The molecule has 0 unspecified atom stereocenters. The van der Waals surface area contributed by atoms with Gasteiger partial charge in [0.2, 0.25) is 0 Å². The van der Waals surface area contributed by atoms with Crippen molar-refractivity contribution in [3.8, 4) is 11.4 Å². The maximum absolute atomic E-state index is 12.7. The molecule has 4 nitrogen and oxygen atoms in total. The van der Waals surface area contributed by atoms with Crippen molar-refractivity contribution in [3.63, 3.8) is 0 Å². The maximum atomic E-state index is 12.7. The first-order valence-corrected chi connectivity index (χ1v) is 6.91. The van der Waals surface area contributed by atoms with Crippen molar-refractivity contribution in [3.05, 3.63) is 53.6 Å². The summed E-state index contributed by atoms with van der Waals surface area (Å²) >= 11 is 0. The van der Waals surface area contributed by atoms with Gasteiger partial charge in [-0.3, -0.25) is 9.78 Å². The van der Waals surface area contributed by atoms with Crippen LogP contribution >= 0.6 is 0 Å². The standard InChI is InChI=1S/C11H5F6N2.C5H8O2.Pd/c12-10(13,14)6-5-8(11(15,16)17)19-9(6)7-3-1-2-4-18-7;1-4(6)3-5(2)7;/h1-5H;3,6H,1-2H3;/q-1;;+2/p-1/b;4-3-;. The van der Waals surface area contributed by atoms with E-state index in [4.69, 9.17) is 0 Å². The van der Waals surface area contributed by atoms with Crippen LogP contribution in [0, 0.1) is 0 Å². The van der Waals surface area contributed by atoms with E-state index in [2.05, 4.69) is 9.97 Å². The summed E-state index contributed by atoms with van der Waals surface area (Å²) in [6.07, 6.45) is -7.63. The molecule has 0 aliphatic carbocycles. The third kappa shape index (κ3) is 7.97. The number of hydrogen-bond acceptors (Lipinski definition) is 3. The van der Waals surface area contributed by atoms with Crippen molar-refractivity contribution in [2.75, 3.05) is 0 Å². The number of carbonyl (C=O) groups excluding carboxylic acids is 1. The maximum Gasteiger partial charge on any atom is 2.00 e. The molecule has 0 N–H and O–H groups in total. The van der Waals surface area contributed by atoms with Gasteiger partial charge in [-0.15, -0.1) is 5.76 Å². The minimum absolute atomic E-state index is 0. The van der Waals surface area contributed by atoms with E-state index in [1.165, 1.54) is 32.2 Å². The summed E-state index contributed by atoms with van der Waals surface area (Å²) in [5.74, 6) is -0.375. The average molecular weight is 485 g/mol. The number of carbonyl (C=O) groups is 1. The Kier molecular flexibility index (Phi) is 8.95. The van der Waals surface area contributed by atoms with E-state index in [0.29, 0.717) is 0 Å². The molecule has 2 rings (SSSR count). The van der Waals surface area contributed by atoms with Crippen LogP contribution in [0.2, 0.25) is 0 Å². The Morgan fingerprint density at radius 2 is 1.70 bits per heavy atom. The Morgan fingerprint density at radius 3 is 2.04 bits per heavy atom. The van der Waals surface area contributed by atoms with Crippen LogP contribution in [0.4, 0.5) is 26.3 Å². The topological polar surface area (TPSA) is 67.1 Å². The normalized spacial score (nSPS) is 11.9. The van der Waals surface area contributed by atoms with Gasteiger partial charge >= 0.3 is 32.8 Å². The van der Waals surface area contributed by atoms with E-state index in [-0.39, 0.29) is 43.7 Å². The largest absolute Gasteiger partial charge is 2.00 e. The average Bonchev–Trinajstić information content (AvgIpc) is 2.92. The van der Waals surface area contributed by atoms with Gasteiger partial charge in [0.15, 0.2) is 5.78 Å². The van der Waals surface area contributed by atoms with Gasteiger partial charge in [0.25, 0.3) is 0 Å². The van der Waals surface area contributed by atoms with Crippen LogP contribution in [-0.2, 0) is 37.6 Å². The summed E-state index contributed by atoms with van der Waals surface area (Å²) in [4.78, 5) is 16.6. The molecule has 0 bridgehead atoms. The first-order chi connectivity index (χ1) is 11.8. The van der Waals surface area contributed by atoms with Crippen LogP contribution in [-0.4, -0.2) is 10.8 Å². The number of allylic oxidation sites excluding steroid dienone is 2. The van der Waals surface area contributed by atoms with Gasteiger partial charge in [0, 0.05) is 17.5 Å². The van der Waals surface area contributed by atoms with Crippen molar-refractivity contribution in [2.45, 2.75) is 26.2 Å². The predicted molar refractivity (Wildman–Crippen MR) is 77.4 cm³/mol. The second-order valence-electron chi connectivity index (χ2n) is 4.98. The van der Waals surface area contributed by atoms with Gasteiger partial charge < -0.3 is 10.1 Å². The molecule has 0 aliphatic rings. The summed E-state index contributed by atoms with van der Waals surface area (Å²) in [5, 5.41) is 9.98. The summed E-state index contributed by atoms with van der Waals surface area (Å²) < 4.78 is 75.4. The SMILES string of the molecule is CC(=O)/C=C(/C)[O-].FC(F)(F)c1cc(C(F)(F)F)c(-c2ccccn2)[n-]1.[Pd+2]. The number of pyridine rings is 1. The number of halogens is 6. The smallest absolute Gasteiger partial charge is 0.876 e. The Bertz CT molecular complexity index is 778. The monoisotopic (exact) mass is 484 g/mol. The third-order valence-electron chi connectivity index (χ3n) is 2.68. The molecule has 27 heavy (non-hydrogen) atoms.